The Morgan fingerprint density at radius 1 is 1.27 bits per heavy atom. The SMILES string of the molecule is CCc1ccccc1NS(=O)(=O)C(C)C. The molecule has 1 rings (SSSR count). The van der Waals surface area contributed by atoms with Crippen molar-refractivity contribution in [3.8, 4) is 0 Å². The van der Waals surface area contributed by atoms with Crippen LogP contribution in [-0.4, -0.2) is 13.7 Å². The molecule has 0 bridgehead atoms. The summed E-state index contributed by atoms with van der Waals surface area (Å²) < 4.78 is 25.9. The molecule has 0 aromatic heterocycles. The molecule has 0 aliphatic heterocycles. The predicted octanol–water partition coefficient (Wildman–Crippen LogP) is 2.40. The van der Waals surface area contributed by atoms with Crippen molar-refractivity contribution in [3.63, 3.8) is 0 Å². The molecule has 1 aromatic rings. The summed E-state index contributed by atoms with van der Waals surface area (Å²) in [6, 6.07) is 7.46. The van der Waals surface area contributed by atoms with E-state index in [1.165, 1.54) is 0 Å². The van der Waals surface area contributed by atoms with Crippen molar-refractivity contribution in [2.45, 2.75) is 32.4 Å². The summed E-state index contributed by atoms with van der Waals surface area (Å²) >= 11 is 0. The molecule has 1 aromatic carbocycles. The van der Waals surface area contributed by atoms with Gasteiger partial charge in [0.25, 0.3) is 0 Å². The quantitative estimate of drug-likeness (QED) is 0.858. The molecule has 0 unspecified atom stereocenters. The van der Waals surface area contributed by atoms with E-state index in [1.54, 1.807) is 19.9 Å². The first-order valence-electron chi connectivity index (χ1n) is 5.07. The molecule has 1 N–H and O–H groups in total. The predicted molar refractivity (Wildman–Crippen MR) is 63.5 cm³/mol. The van der Waals surface area contributed by atoms with Gasteiger partial charge in [0.1, 0.15) is 0 Å². The second kappa shape index (κ2) is 4.66. The molecular weight excluding hydrogens is 210 g/mol. The van der Waals surface area contributed by atoms with Crippen LogP contribution in [-0.2, 0) is 16.4 Å². The van der Waals surface area contributed by atoms with Crippen LogP contribution in [0.5, 0.6) is 0 Å². The van der Waals surface area contributed by atoms with Crippen molar-refractivity contribution in [1.29, 1.82) is 0 Å². The zero-order chi connectivity index (χ0) is 11.5. The molecule has 4 heteroatoms. The highest BCUT2D eigenvalue weighted by Crippen LogP contribution is 2.18. The molecule has 0 atom stereocenters. The van der Waals surface area contributed by atoms with E-state index < -0.39 is 15.3 Å². The van der Waals surface area contributed by atoms with E-state index in [1.807, 2.05) is 25.1 Å². The Balaban J connectivity index is 3.00. The average molecular weight is 227 g/mol. The van der Waals surface area contributed by atoms with Crippen molar-refractivity contribution in [2.75, 3.05) is 4.72 Å². The maximum absolute atomic E-state index is 11.7. The van der Waals surface area contributed by atoms with Gasteiger partial charge in [-0.3, -0.25) is 4.72 Å². The van der Waals surface area contributed by atoms with E-state index in [0.29, 0.717) is 5.69 Å². The van der Waals surface area contributed by atoms with E-state index in [4.69, 9.17) is 0 Å². The lowest BCUT2D eigenvalue weighted by atomic mass is 10.1. The minimum atomic E-state index is -3.23. The fourth-order valence-electron chi connectivity index (χ4n) is 1.20. The lowest BCUT2D eigenvalue weighted by Gasteiger charge is -2.13. The van der Waals surface area contributed by atoms with E-state index in [-0.39, 0.29) is 0 Å². The summed E-state index contributed by atoms with van der Waals surface area (Å²) in [6.45, 7) is 5.33. The number of anilines is 1. The van der Waals surface area contributed by atoms with Crippen molar-refractivity contribution in [2.24, 2.45) is 0 Å². The van der Waals surface area contributed by atoms with Gasteiger partial charge in [-0.1, -0.05) is 25.1 Å². The normalized spacial score (nSPS) is 11.7. The maximum Gasteiger partial charge on any atom is 0.235 e. The first-order chi connectivity index (χ1) is 6.97. The van der Waals surface area contributed by atoms with Crippen LogP contribution in [0.1, 0.15) is 26.3 Å². The number of hydrogen-bond acceptors (Lipinski definition) is 2. The number of benzene rings is 1. The molecule has 0 saturated heterocycles. The monoisotopic (exact) mass is 227 g/mol. The van der Waals surface area contributed by atoms with Crippen molar-refractivity contribution >= 4 is 15.7 Å². The summed E-state index contributed by atoms with van der Waals surface area (Å²) in [5, 5.41) is -0.414. The van der Waals surface area contributed by atoms with Gasteiger partial charge in [-0.15, -0.1) is 0 Å². The van der Waals surface area contributed by atoms with Crippen molar-refractivity contribution < 1.29 is 8.42 Å². The first-order valence-corrected chi connectivity index (χ1v) is 6.61. The molecule has 0 aliphatic rings. The Kier molecular flexibility index (Phi) is 3.74. The number of para-hydroxylation sites is 1. The fraction of sp³-hybridized carbons (Fsp3) is 0.455. The Hall–Kier alpha value is -1.03. The van der Waals surface area contributed by atoms with Crippen molar-refractivity contribution in [3.05, 3.63) is 29.8 Å². The van der Waals surface area contributed by atoms with Crippen molar-refractivity contribution in [1.82, 2.24) is 0 Å². The molecule has 0 fully saturated rings. The molecule has 0 spiro atoms. The topological polar surface area (TPSA) is 46.2 Å². The zero-order valence-corrected chi connectivity index (χ0v) is 10.1. The molecule has 0 aliphatic carbocycles. The van der Waals surface area contributed by atoms with Crippen LogP contribution in [0, 0.1) is 0 Å². The van der Waals surface area contributed by atoms with Crippen LogP contribution in [0.25, 0.3) is 0 Å². The second-order valence-electron chi connectivity index (χ2n) is 3.71. The lowest BCUT2D eigenvalue weighted by molar-refractivity contribution is 0.592. The maximum atomic E-state index is 11.7. The number of aryl methyl sites for hydroxylation is 1. The van der Waals surface area contributed by atoms with Gasteiger partial charge in [0.15, 0.2) is 0 Å². The summed E-state index contributed by atoms with van der Waals surface area (Å²) in [5.41, 5.74) is 1.70. The minimum Gasteiger partial charge on any atom is -0.283 e. The van der Waals surface area contributed by atoms with E-state index in [9.17, 15) is 8.42 Å². The lowest BCUT2D eigenvalue weighted by Crippen LogP contribution is -2.23. The Morgan fingerprint density at radius 3 is 2.40 bits per heavy atom. The molecule has 0 heterocycles. The number of sulfonamides is 1. The van der Waals surface area contributed by atoms with Crippen LogP contribution in [0.4, 0.5) is 5.69 Å². The highest BCUT2D eigenvalue weighted by atomic mass is 32.2. The highest BCUT2D eigenvalue weighted by Gasteiger charge is 2.16. The molecule has 0 saturated carbocycles. The number of nitrogens with one attached hydrogen (secondary N) is 1. The third-order valence-corrected chi connectivity index (χ3v) is 4.02. The summed E-state index contributed by atoms with van der Waals surface area (Å²) in [4.78, 5) is 0. The third kappa shape index (κ3) is 2.96. The van der Waals surface area contributed by atoms with Gasteiger partial charge >= 0.3 is 0 Å². The molecule has 0 amide bonds. The van der Waals surface area contributed by atoms with Gasteiger partial charge in [-0.2, -0.15) is 0 Å². The second-order valence-corrected chi connectivity index (χ2v) is 5.94. The van der Waals surface area contributed by atoms with Gasteiger partial charge in [0, 0.05) is 0 Å². The van der Waals surface area contributed by atoms with Crippen LogP contribution >= 0.6 is 0 Å². The summed E-state index contributed by atoms with van der Waals surface area (Å²) in [5.74, 6) is 0. The highest BCUT2D eigenvalue weighted by molar-refractivity contribution is 7.93. The molecule has 15 heavy (non-hydrogen) atoms. The Bertz CT molecular complexity index is 424. The molecular formula is C11H17NO2S. The number of rotatable bonds is 4. The van der Waals surface area contributed by atoms with Crippen LogP contribution in [0.2, 0.25) is 0 Å². The van der Waals surface area contributed by atoms with Gasteiger partial charge < -0.3 is 0 Å². The molecule has 3 nitrogen and oxygen atoms in total. The standard InChI is InChI=1S/C11H17NO2S/c1-4-10-7-5-6-8-11(10)12-15(13,14)9(2)3/h5-9,12H,4H2,1-3H3. The van der Waals surface area contributed by atoms with Gasteiger partial charge in [-0.05, 0) is 31.9 Å². The third-order valence-electron chi connectivity index (χ3n) is 2.27. The van der Waals surface area contributed by atoms with Crippen LogP contribution in [0.3, 0.4) is 0 Å². The van der Waals surface area contributed by atoms with Crippen LogP contribution < -0.4 is 4.72 Å². The van der Waals surface area contributed by atoms with Gasteiger partial charge in [0.2, 0.25) is 10.0 Å². The van der Waals surface area contributed by atoms with Gasteiger partial charge in [-0.25, -0.2) is 8.42 Å². The van der Waals surface area contributed by atoms with E-state index >= 15 is 0 Å². The van der Waals surface area contributed by atoms with E-state index in [0.717, 1.165) is 12.0 Å². The molecule has 0 radical (unpaired) electrons. The fourth-order valence-corrected chi connectivity index (χ4v) is 1.94. The average Bonchev–Trinajstić information content (AvgIpc) is 2.18. The minimum absolute atomic E-state index is 0.414. The molecule has 84 valence electrons. The van der Waals surface area contributed by atoms with Crippen LogP contribution in [0.15, 0.2) is 24.3 Å². The Labute approximate surface area is 91.6 Å². The summed E-state index contributed by atoms with van der Waals surface area (Å²) in [6.07, 6.45) is 0.816. The summed E-state index contributed by atoms with van der Waals surface area (Å²) in [7, 11) is -3.23. The van der Waals surface area contributed by atoms with Gasteiger partial charge in [0.05, 0.1) is 10.9 Å². The first kappa shape index (κ1) is 12.0. The smallest absolute Gasteiger partial charge is 0.235 e. The van der Waals surface area contributed by atoms with E-state index in [2.05, 4.69) is 4.72 Å². The zero-order valence-electron chi connectivity index (χ0n) is 9.32. The largest absolute Gasteiger partial charge is 0.283 e. The number of hydrogen-bond donors (Lipinski definition) is 1. The Morgan fingerprint density at radius 2 is 1.87 bits per heavy atom.